The second-order valence-corrected chi connectivity index (χ2v) is 10.6. The van der Waals surface area contributed by atoms with Gasteiger partial charge in [-0.2, -0.15) is 5.10 Å². The van der Waals surface area contributed by atoms with Crippen LogP contribution in [-0.4, -0.2) is 45.7 Å². The van der Waals surface area contributed by atoms with E-state index in [2.05, 4.69) is 79.4 Å². The van der Waals surface area contributed by atoms with E-state index in [-0.39, 0.29) is 18.0 Å². The molecule has 7 nitrogen and oxygen atoms in total. The maximum absolute atomic E-state index is 13.7. The number of terminal acetylenes is 1. The zero-order valence-corrected chi connectivity index (χ0v) is 23.4. The normalized spacial score (nSPS) is 18.9. The second kappa shape index (κ2) is 11.7. The second-order valence-electron chi connectivity index (χ2n) is 10.6. The van der Waals surface area contributed by atoms with E-state index in [9.17, 15) is 4.79 Å². The molecule has 6 rings (SSSR count). The van der Waals surface area contributed by atoms with Crippen molar-refractivity contribution in [1.82, 2.24) is 14.7 Å². The first-order valence-electron chi connectivity index (χ1n) is 13.8. The average Bonchev–Trinajstić information content (AvgIpc) is 3.66. The zero-order chi connectivity index (χ0) is 28.2. The Morgan fingerprint density at radius 2 is 1.77 bits per heavy atom. The lowest BCUT2D eigenvalue weighted by Crippen LogP contribution is -2.51. The summed E-state index contributed by atoms with van der Waals surface area (Å²) in [6, 6.07) is 19.1. The Balaban J connectivity index is 0.00000158. The number of aliphatic imine (C=N–C) groups is 1. The number of para-hydroxylation sites is 1. The third-order valence-electron chi connectivity index (χ3n) is 7.56. The van der Waals surface area contributed by atoms with Gasteiger partial charge in [0.05, 0.1) is 18.6 Å². The van der Waals surface area contributed by atoms with Crippen LogP contribution in [-0.2, 0) is 13.0 Å². The summed E-state index contributed by atoms with van der Waals surface area (Å²) < 4.78 is 1.94. The molecule has 1 aliphatic carbocycles. The van der Waals surface area contributed by atoms with Gasteiger partial charge in [0, 0.05) is 12.7 Å². The van der Waals surface area contributed by atoms with E-state index in [0.717, 1.165) is 54.5 Å². The fraction of sp³-hybridized carbons (Fsp3) is 0.303. The average molecular weight is 533 g/mol. The van der Waals surface area contributed by atoms with Crippen molar-refractivity contribution in [2.24, 2.45) is 4.99 Å². The topological polar surface area (TPSA) is 65.8 Å². The van der Waals surface area contributed by atoms with Gasteiger partial charge in [0.1, 0.15) is 11.4 Å². The predicted octanol–water partition coefficient (Wildman–Crippen LogP) is 6.17. The number of carbonyl (C=O) groups is 1. The van der Waals surface area contributed by atoms with Crippen molar-refractivity contribution < 1.29 is 4.79 Å². The third kappa shape index (κ3) is 5.17. The molecule has 1 fully saturated rings. The van der Waals surface area contributed by atoms with Gasteiger partial charge in [0.25, 0.3) is 5.91 Å². The molecule has 1 saturated carbocycles. The molecule has 40 heavy (non-hydrogen) atoms. The molecule has 7 heteroatoms. The zero-order valence-electron chi connectivity index (χ0n) is 23.4. The molecule has 0 bridgehead atoms. The number of hydrogen-bond donors (Lipinski definition) is 1. The van der Waals surface area contributed by atoms with E-state index >= 15 is 0 Å². The van der Waals surface area contributed by atoms with Crippen LogP contribution in [0.1, 0.15) is 54.6 Å². The summed E-state index contributed by atoms with van der Waals surface area (Å²) >= 11 is 0. The SMILES string of the molecule is C#C.CC(C)=C/C=C\Cc1ccc(Cn2nc3c(c2Nc2ccccc2)C(=O)N(C)C2=N[C@@H]4CCC[C@@H]4N23)cc1. The summed E-state index contributed by atoms with van der Waals surface area (Å²) in [5, 5.41) is 8.58. The maximum atomic E-state index is 13.7. The molecule has 3 aromatic rings. The van der Waals surface area contributed by atoms with Crippen LogP contribution < -0.4 is 10.2 Å². The summed E-state index contributed by atoms with van der Waals surface area (Å²) in [4.78, 5) is 22.5. The van der Waals surface area contributed by atoms with E-state index in [1.54, 1.807) is 4.90 Å². The molecule has 0 unspecified atom stereocenters. The van der Waals surface area contributed by atoms with E-state index < -0.39 is 0 Å². The minimum atomic E-state index is -0.0712. The van der Waals surface area contributed by atoms with Crippen LogP contribution in [0, 0.1) is 12.8 Å². The highest BCUT2D eigenvalue weighted by molar-refractivity contribution is 6.21. The van der Waals surface area contributed by atoms with Gasteiger partial charge in [0.2, 0.25) is 5.96 Å². The summed E-state index contributed by atoms with van der Waals surface area (Å²) in [7, 11) is 1.83. The molecule has 2 aromatic carbocycles. The minimum absolute atomic E-state index is 0.0712. The van der Waals surface area contributed by atoms with Crippen molar-refractivity contribution in [3.8, 4) is 12.8 Å². The van der Waals surface area contributed by atoms with Gasteiger partial charge in [-0.05, 0) is 62.8 Å². The lowest BCUT2D eigenvalue weighted by atomic mass is 10.1. The molecule has 2 atom stereocenters. The number of nitrogens with zero attached hydrogens (tertiary/aromatic N) is 5. The Bertz CT molecular complexity index is 1470. The fourth-order valence-electron chi connectivity index (χ4n) is 5.62. The molecule has 1 amide bonds. The quantitative estimate of drug-likeness (QED) is 0.292. The fourth-order valence-corrected chi connectivity index (χ4v) is 5.62. The number of carbonyl (C=O) groups excluding carboxylic acids is 1. The molecule has 0 radical (unpaired) electrons. The summed E-state index contributed by atoms with van der Waals surface area (Å²) in [6.45, 7) is 4.76. The summed E-state index contributed by atoms with van der Waals surface area (Å²) in [5.41, 5.74) is 5.22. The van der Waals surface area contributed by atoms with Crippen LogP contribution in [0.3, 0.4) is 0 Å². The van der Waals surface area contributed by atoms with Crippen LogP contribution in [0.5, 0.6) is 0 Å². The largest absolute Gasteiger partial charge is 0.340 e. The van der Waals surface area contributed by atoms with Crippen LogP contribution >= 0.6 is 0 Å². The first-order chi connectivity index (χ1) is 19.5. The van der Waals surface area contributed by atoms with Gasteiger partial charge >= 0.3 is 0 Å². The maximum Gasteiger partial charge on any atom is 0.267 e. The molecule has 0 saturated heterocycles. The van der Waals surface area contributed by atoms with Gasteiger partial charge in [-0.1, -0.05) is 66.3 Å². The predicted molar refractivity (Wildman–Crippen MR) is 163 cm³/mol. The number of nitrogens with one attached hydrogen (secondary N) is 1. The highest BCUT2D eigenvalue weighted by atomic mass is 16.2. The van der Waals surface area contributed by atoms with Crippen molar-refractivity contribution in [3.63, 3.8) is 0 Å². The van der Waals surface area contributed by atoms with Crippen molar-refractivity contribution in [3.05, 3.63) is 95.1 Å². The van der Waals surface area contributed by atoms with Crippen LogP contribution in [0.15, 0.2) is 83.4 Å². The number of fused-ring (bicyclic) bond motifs is 5. The third-order valence-corrected chi connectivity index (χ3v) is 7.56. The number of amides is 1. The van der Waals surface area contributed by atoms with E-state index in [0.29, 0.717) is 12.1 Å². The van der Waals surface area contributed by atoms with Crippen molar-refractivity contribution >= 4 is 29.2 Å². The van der Waals surface area contributed by atoms with E-state index in [1.807, 2.05) is 42.1 Å². The lowest BCUT2D eigenvalue weighted by Gasteiger charge is -2.34. The number of aromatic nitrogens is 2. The van der Waals surface area contributed by atoms with Crippen LogP contribution in [0.4, 0.5) is 17.3 Å². The number of rotatable bonds is 7. The Hall–Kier alpha value is -4.57. The van der Waals surface area contributed by atoms with Crippen molar-refractivity contribution in [1.29, 1.82) is 0 Å². The van der Waals surface area contributed by atoms with Gasteiger partial charge in [-0.3, -0.25) is 14.6 Å². The van der Waals surface area contributed by atoms with Crippen LogP contribution in [0.25, 0.3) is 0 Å². The number of allylic oxidation sites excluding steroid dienone is 4. The van der Waals surface area contributed by atoms with Gasteiger partial charge in [-0.15, -0.1) is 12.8 Å². The first kappa shape index (κ1) is 27.0. The van der Waals surface area contributed by atoms with E-state index in [4.69, 9.17) is 10.1 Å². The molecular formula is C33H36N6O. The molecule has 3 heterocycles. The standard InChI is InChI=1S/C31H34N6O.C2H2/c1-21(2)10-7-8-11-22-16-18-23(19-17-22)20-36-28(32-24-12-5-4-6-13-24)27-29(34-36)37-26-15-9-14-25(26)33-31(37)35(3)30(27)38;1-2/h4-8,10,12-13,16-19,25-26,32H,9,11,14-15,20H2,1-3H3;1-2H/b8-7-;/t25-,26+;/m1./s1. The Morgan fingerprint density at radius 3 is 2.50 bits per heavy atom. The molecule has 3 aliphatic rings. The molecular weight excluding hydrogens is 496 g/mol. The number of benzene rings is 2. The van der Waals surface area contributed by atoms with Crippen molar-refractivity contribution in [2.45, 2.75) is 58.2 Å². The van der Waals surface area contributed by atoms with E-state index in [1.165, 1.54) is 11.1 Å². The molecule has 1 N–H and O–H groups in total. The highest BCUT2D eigenvalue weighted by Gasteiger charge is 2.49. The summed E-state index contributed by atoms with van der Waals surface area (Å²) in [6.07, 6.45) is 18.6. The minimum Gasteiger partial charge on any atom is -0.340 e. The number of anilines is 3. The molecule has 204 valence electrons. The highest BCUT2D eigenvalue weighted by Crippen LogP contribution is 2.42. The monoisotopic (exact) mass is 532 g/mol. The van der Waals surface area contributed by atoms with Gasteiger partial charge < -0.3 is 5.32 Å². The van der Waals surface area contributed by atoms with Gasteiger partial charge in [-0.25, -0.2) is 9.67 Å². The molecule has 2 aliphatic heterocycles. The Kier molecular flexibility index (Phi) is 7.88. The molecule has 1 aromatic heterocycles. The molecule has 0 spiro atoms. The summed E-state index contributed by atoms with van der Waals surface area (Å²) in [5.74, 6) is 2.11. The number of hydrogen-bond acceptors (Lipinski definition) is 5. The van der Waals surface area contributed by atoms with Gasteiger partial charge in [0.15, 0.2) is 5.82 Å². The lowest BCUT2D eigenvalue weighted by molar-refractivity contribution is 0.0866. The first-order valence-corrected chi connectivity index (χ1v) is 13.8. The Labute approximate surface area is 236 Å². The Morgan fingerprint density at radius 1 is 1.05 bits per heavy atom. The van der Waals surface area contributed by atoms with Crippen molar-refractivity contribution in [2.75, 3.05) is 17.3 Å². The van der Waals surface area contributed by atoms with Crippen LogP contribution in [0.2, 0.25) is 0 Å². The smallest absolute Gasteiger partial charge is 0.267 e. The number of guanidine groups is 1.